The molecule has 1 aromatic heterocycles. The zero-order valence-corrected chi connectivity index (χ0v) is 19.5. The van der Waals surface area contributed by atoms with Gasteiger partial charge < -0.3 is 4.74 Å². The average Bonchev–Trinajstić information content (AvgIpc) is 3.25. The molecule has 0 aliphatic carbocycles. The minimum Gasteiger partial charge on any atom is -0.450 e. The fourth-order valence-corrected chi connectivity index (χ4v) is 4.64. The van der Waals surface area contributed by atoms with E-state index in [1.165, 1.54) is 22.8 Å². The number of ether oxygens (including phenoxy) is 1. The van der Waals surface area contributed by atoms with Crippen LogP contribution in [0.1, 0.15) is 17.0 Å². The smallest absolute Gasteiger partial charge is 0.318 e. The zero-order valence-electron chi connectivity index (χ0n) is 17.8. The van der Waals surface area contributed by atoms with Crippen LogP contribution in [0.25, 0.3) is 6.08 Å². The van der Waals surface area contributed by atoms with Gasteiger partial charge >= 0.3 is 5.69 Å². The van der Waals surface area contributed by atoms with Crippen molar-refractivity contribution < 1.29 is 19.4 Å². The first-order valence-electron chi connectivity index (χ1n) is 9.79. The fourth-order valence-electron chi connectivity index (χ4n) is 3.40. The molecule has 10 nitrogen and oxygen atoms in total. The molecule has 0 saturated carbocycles. The lowest BCUT2D eigenvalue weighted by molar-refractivity contribution is -0.394. The van der Waals surface area contributed by atoms with Gasteiger partial charge in [-0.15, -0.1) is 0 Å². The van der Waals surface area contributed by atoms with Gasteiger partial charge in [-0.2, -0.15) is 5.01 Å². The van der Waals surface area contributed by atoms with E-state index in [1.807, 2.05) is 26.0 Å². The summed E-state index contributed by atoms with van der Waals surface area (Å²) in [6.45, 7) is 3.76. The molecule has 34 heavy (non-hydrogen) atoms. The predicted octanol–water partition coefficient (Wildman–Crippen LogP) is 5.25. The number of carbonyl (C=O) groups is 1. The Bertz CT molecular complexity index is 1380. The molecule has 0 N–H and O–H groups in total. The number of benzene rings is 2. The Hall–Kier alpha value is -4.03. The number of amides is 1. The van der Waals surface area contributed by atoms with Gasteiger partial charge in [0.2, 0.25) is 5.75 Å². The summed E-state index contributed by atoms with van der Waals surface area (Å²) in [5, 5.41) is 23.7. The number of hydrogen-bond donors (Lipinski definition) is 0. The molecule has 0 spiro atoms. The second-order valence-corrected chi connectivity index (χ2v) is 8.94. The first-order valence-corrected chi connectivity index (χ1v) is 11.0. The van der Waals surface area contributed by atoms with E-state index in [2.05, 4.69) is 0 Å². The summed E-state index contributed by atoms with van der Waals surface area (Å²) >= 11 is 6.59. The lowest BCUT2D eigenvalue weighted by Crippen LogP contribution is -2.39. The number of thioether (sulfide) groups is 1. The molecular formula is C22H16N4O6S2. The van der Waals surface area contributed by atoms with Gasteiger partial charge in [-0.1, -0.05) is 23.9 Å². The lowest BCUT2D eigenvalue weighted by atomic mass is 10.2. The monoisotopic (exact) mass is 496 g/mol. The minimum absolute atomic E-state index is 0.141. The van der Waals surface area contributed by atoms with Gasteiger partial charge in [0.25, 0.3) is 11.6 Å². The summed E-state index contributed by atoms with van der Waals surface area (Å²) in [6, 6.07) is 13.5. The van der Waals surface area contributed by atoms with E-state index in [4.69, 9.17) is 17.0 Å². The van der Waals surface area contributed by atoms with Crippen molar-refractivity contribution in [3.05, 3.63) is 96.7 Å². The maximum absolute atomic E-state index is 13.1. The van der Waals surface area contributed by atoms with E-state index >= 15 is 0 Å². The summed E-state index contributed by atoms with van der Waals surface area (Å²) in [5.41, 5.74) is 1.41. The molecule has 2 aromatic carbocycles. The van der Waals surface area contributed by atoms with Crippen LogP contribution in [0.15, 0.2) is 59.5 Å². The molecule has 0 bridgehead atoms. The van der Waals surface area contributed by atoms with E-state index in [0.29, 0.717) is 14.8 Å². The van der Waals surface area contributed by atoms with Gasteiger partial charge in [0, 0.05) is 17.5 Å². The third-order valence-electron chi connectivity index (χ3n) is 4.94. The van der Waals surface area contributed by atoms with Crippen LogP contribution in [0.2, 0.25) is 0 Å². The number of nitro groups is 2. The van der Waals surface area contributed by atoms with Gasteiger partial charge in [0.05, 0.1) is 20.8 Å². The Balaban J connectivity index is 1.62. The number of nitro benzene ring substituents is 2. The summed E-state index contributed by atoms with van der Waals surface area (Å²) in [4.78, 5) is 34.3. The highest BCUT2D eigenvalue weighted by molar-refractivity contribution is 8.27. The van der Waals surface area contributed by atoms with Crippen molar-refractivity contribution in [1.82, 2.24) is 4.68 Å². The highest BCUT2D eigenvalue weighted by Gasteiger charge is 2.34. The topological polar surface area (TPSA) is 121 Å². The van der Waals surface area contributed by atoms with Crippen LogP contribution in [-0.2, 0) is 4.79 Å². The van der Waals surface area contributed by atoms with E-state index in [0.717, 1.165) is 23.5 Å². The summed E-state index contributed by atoms with van der Waals surface area (Å²) in [7, 11) is 0. The highest BCUT2D eigenvalue weighted by atomic mass is 32.2. The minimum atomic E-state index is -0.747. The van der Waals surface area contributed by atoms with E-state index in [9.17, 15) is 25.0 Å². The molecule has 4 rings (SSSR count). The number of hydrogen-bond acceptors (Lipinski definition) is 8. The van der Waals surface area contributed by atoms with Crippen molar-refractivity contribution in [1.29, 1.82) is 0 Å². The first-order chi connectivity index (χ1) is 16.2. The molecule has 172 valence electrons. The Morgan fingerprint density at radius 1 is 1.00 bits per heavy atom. The molecular weight excluding hydrogens is 480 g/mol. The fraction of sp³-hybridized carbons (Fsp3) is 0.0909. The molecule has 1 saturated heterocycles. The molecule has 1 fully saturated rings. The summed E-state index contributed by atoms with van der Waals surface area (Å²) < 4.78 is 7.80. The number of carbonyl (C=O) groups excluding carboxylic acids is 1. The second kappa shape index (κ2) is 9.08. The Morgan fingerprint density at radius 3 is 2.35 bits per heavy atom. The molecule has 2 heterocycles. The van der Waals surface area contributed by atoms with Crippen molar-refractivity contribution in [2.24, 2.45) is 0 Å². The molecule has 3 aromatic rings. The number of non-ortho nitro benzene ring substituents is 1. The van der Waals surface area contributed by atoms with Crippen LogP contribution < -0.4 is 9.75 Å². The van der Waals surface area contributed by atoms with Crippen molar-refractivity contribution in [3.8, 4) is 11.5 Å². The van der Waals surface area contributed by atoms with E-state index < -0.39 is 21.2 Å². The van der Waals surface area contributed by atoms with Crippen molar-refractivity contribution in [2.45, 2.75) is 13.8 Å². The Labute approximate surface area is 202 Å². The molecule has 12 heteroatoms. The number of aromatic nitrogens is 1. The zero-order chi connectivity index (χ0) is 24.6. The molecule has 0 atom stereocenters. The summed E-state index contributed by atoms with van der Waals surface area (Å²) in [5.74, 6) is -0.148. The molecule has 1 aliphatic heterocycles. The SMILES string of the molecule is Cc1ccc(C)n1N1C(=O)/C(=C\c2cccc(Oc3ccc([N+](=O)[O-])cc3[N+](=O)[O-])c2)SC1=S. The highest BCUT2D eigenvalue weighted by Crippen LogP contribution is 2.36. The van der Waals surface area contributed by atoms with Crippen LogP contribution in [0, 0.1) is 34.1 Å². The van der Waals surface area contributed by atoms with Crippen LogP contribution in [-0.4, -0.2) is 24.8 Å². The van der Waals surface area contributed by atoms with Gasteiger partial charge in [-0.3, -0.25) is 29.7 Å². The van der Waals surface area contributed by atoms with Crippen LogP contribution in [0.5, 0.6) is 11.5 Å². The van der Waals surface area contributed by atoms with Gasteiger partial charge in [-0.25, -0.2) is 0 Å². The third-order valence-corrected chi connectivity index (χ3v) is 6.22. The molecule has 1 amide bonds. The normalized spacial score (nSPS) is 14.6. The molecule has 1 aliphatic rings. The maximum Gasteiger partial charge on any atom is 0.318 e. The van der Waals surface area contributed by atoms with Crippen LogP contribution in [0.3, 0.4) is 0 Å². The van der Waals surface area contributed by atoms with Gasteiger partial charge in [0.1, 0.15) is 5.75 Å². The second-order valence-electron chi connectivity index (χ2n) is 7.26. The van der Waals surface area contributed by atoms with Crippen LogP contribution in [0.4, 0.5) is 11.4 Å². The van der Waals surface area contributed by atoms with Crippen molar-refractivity contribution >= 4 is 51.7 Å². The van der Waals surface area contributed by atoms with E-state index in [-0.39, 0.29) is 17.4 Å². The largest absolute Gasteiger partial charge is 0.450 e. The maximum atomic E-state index is 13.1. The predicted molar refractivity (Wildman–Crippen MR) is 132 cm³/mol. The van der Waals surface area contributed by atoms with Gasteiger partial charge in [0.15, 0.2) is 4.32 Å². The van der Waals surface area contributed by atoms with Gasteiger partial charge in [-0.05, 0) is 68.0 Å². The lowest BCUT2D eigenvalue weighted by Gasteiger charge is -2.20. The number of nitrogens with zero attached hydrogens (tertiary/aromatic N) is 4. The molecule has 0 unspecified atom stereocenters. The Morgan fingerprint density at radius 2 is 1.71 bits per heavy atom. The van der Waals surface area contributed by atoms with Crippen molar-refractivity contribution in [2.75, 3.05) is 5.01 Å². The quantitative estimate of drug-likeness (QED) is 0.196. The standard InChI is InChI=1S/C22H16N4O6S2/c1-13-6-7-14(2)23(13)24-21(27)20(34-22(24)33)11-15-4-3-5-17(10-15)32-19-9-8-16(25(28)29)12-18(19)26(30)31/h3-12H,1-2H3/b20-11+. The number of rotatable bonds is 6. The van der Waals surface area contributed by atoms with Crippen LogP contribution >= 0.6 is 24.0 Å². The Kier molecular flexibility index (Phi) is 6.18. The first kappa shape index (κ1) is 23.1. The third kappa shape index (κ3) is 4.40. The number of aryl methyl sites for hydroxylation is 2. The molecule has 0 radical (unpaired) electrons. The average molecular weight is 497 g/mol. The van der Waals surface area contributed by atoms with E-state index in [1.54, 1.807) is 35.0 Å². The van der Waals surface area contributed by atoms with Crippen molar-refractivity contribution in [3.63, 3.8) is 0 Å². The number of thiocarbonyl (C=S) groups is 1. The summed E-state index contributed by atoms with van der Waals surface area (Å²) in [6.07, 6.45) is 1.66.